The van der Waals surface area contributed by atoms with Crippen molar-refractivity contribution in [2.24, 2.45) is 11.3 Å². The maximum absolute atomic E-state index is 11.9. The Hall–Kier alpha value is -0.780. The average Bonchev–Trinajstić information content (AvgIpc) is 2.98. The van der Waals surface area contributed by atoms with E-state index < -0.39 is 12.6 Å². The van der Waals surface area contributed by atoms with E-state index in [1.807, 2.05) is 0 Å². The normalized spacial score (nSPS) is 26.1. The lowest BCUT2D eigenvalue weighted by Gasteiger charge is -2.23. The second-order valence-electron chi connectivity index (χ2n) is 5.38. The largest absolute Gasteiger partial charge is 0.389 e. The van der Waals surface area contributed by atoms with Crippen LogP contribution in [0.5, 0.6) is 0 Å². The summed E-state index contributed by atoms with van der Waals surface area (Å²) in [7, 11) is 0. The number of piperidine rings is 1. The van der Waals surface area contributed by atoms with Crippen LogP contribution in [-0.4, -0.2) is 31.7 Å². The molecule has 104 valence electrons. The SMILES string of the molecule is O=C(NCCCC(F)(F)F)C1CC12CCNCC2. The Bertz CT molecular complexity index is 311. The second-order valence-corrected chi connectivity index (χ2v) is 5.38. The predicted octanol–water partition coefficient (Wildman–Crippen LogP) is 1.83. The van der Waals surface area contributed by atoms with Crippen molar-refractivity contribution < 1.29 is 18.0 Å². The number of nitrogens with one attached hydrogen (secondary N) is 2. The maximum atomic E-state index is 11.9. The number of alkyl halides is 3. The molecule has 1 aliphatic heterocycles. The molecule has 1 aliphatic carbocycles. The molecule has 0 aromatic rings. The molecule has 0 radical (unpaired) electrons. The maximum Gasteiger partial charge on any atom is 0.389 e. The molecule has 2 N–H and O–H groups in total. The van der Waals surface area contributed by atoms with Gasteiger partial charge < -0.3 is 10.6 Å². The van der Waals surface area contributed by atoms with Crippen LogP contribution in [0.4, 0.5) is 13.2 Å². The van der Waals surface area contributed by atoms with Gasteiger partial charge in [0.15, 0.2) is 0 Å². The summed E-state index contributed by atoms with van der Waals surface area (Å²) in [4.78, 5) is 11.8. The predicted molar refractivity (Wildman–Crippen MR) is 60.9 cm³/mol. The summed E-state index contributed by atoms with van der Waals surface area (Å²) in [5.74, 6) is -0.0236. The van der Waals surface area contributed by atoms with Gasteiger partial charge in [0.2, 0.25) is 5.91 Å². The number of rotatable bonds is 4. The summed E-state index contributed by atoms with van der Waals surface area (Å²) in [6.07, 6.45) is -2.06. The lowest BCUT2D eigenvalue weighted by molar-refractivity contribution is -0.136. The van der Waals surface area contributed by atoms with Crippen LogP contribution in [0.1, 0.15) is 32.1 Å². The van der Waals surface area contributed by atoms with Crippen LogP contribution in [0.25, 0.3) is 0 Å². The number of amides is 1. The van der Waals surface area contributed by atoms with Crippen LogP contribution in [-0.2, 0) is 4.79 Å². The van der Waals surface area contributed by atoms with Gasteiger partial charge in [0.25, 0.3) is 0 Å². The van der Waals surface area contributed by atoms with Gasteiger partial charge in [-0.1, -0.05) is 0 Å². The van der Waals surface area contributed by atoms with Gasteiger partial charge in [-0.3, -0.25) is 4.79 Å². The zero-order chi connectivity index (χ0) is 13.2. The quantitative estimate of drug-likeness (QED) is 0.761. The first-order valence-corrected chi connectivity index (χ1v) is 6.48. The van der Waals surface area contributed by atoms with Gasteiger partial charge in [-0.05, 0) is 44.2 Å². The molecule has 0 aromatic heterocycles. The topological polar surface area (TPSA) is 41.1 Å². The van der Waals surface area contributed by atoms with E-state index in [9.17, 15) is 18.0 Å². The number of carbonyl (C=O) groups excluding carboxylic acids is 1. The van der Waals surface area contributed by atoms with Crippen molar-refractivity contribution in [1.29, 1.82) is 0 Å². The van der Waals surface area contributed by atoms with Crippen molar-refractivity contribution in [3.05, 3.63) is 0 Å². The van der Waals surface area contributed by atoms with Crippen LogP contribution < -0.4 is 10.6 Å². The van der Waals surface area contributed by atoms with E-state index in [4.69, 9.17) is 0 Å². The molecule has 3 nitrogen and oxygen atoms in total. The van der Waals surface area contributed by atoms with Crippen molar-refractivity contribution in [1.82, 2.24) is 10.6 Å². The average molecular weight is 264 g/mol. The third-order valence-electron chi connectivity index (χ3n) is 4.04. The molecule has 1 saturated carbocycles. The standard InChI is InChI=1S/C12H19F3N2O/c13-12(14,15)2-1-5-17-10(18)9-8-11(9)3-6-16-7-4-11/h9,16H,1-8H2,(H,17,18). The fourth-order valence-corrected chi connectivity index (χ4v) is 2.82. The van der Waals surface area contributed by atoms with Gasteiger partial charge in [-0.25, -0.2) is 0 Å². The number of halogens is 3. The minimum absolute atomic E-state index is 0.0312. The molecule has 1 unspecified atom stereocenters. The molecule has 0 bridgehead atoms. The molecule has 2 fully saturated rings. The Morgan fingerprint density at radius 2 is 2.00 bits per heavy atom. The van der Waals surface area contributed by atoms with Gasteiger partial charge in [0.1, 0.15) is 0 Å². The highest BCUT2D eigenvalue weighted by atomic mass is 19.4. The van der Waals surface area contributed by atoms with Crippen LogP contribution in [0, 0.1) is 11.3 Å². The highest BCUT2D eigenvalue weighted by Crippen LogP contribution is 2.58. The number of hydrogen-bond acceptors (Lipinski definition) is 2. The van der Waals surface area contributed by atoms with Crippen LogP contribution in [0.2, 0.25) is 0 Å². The van der Waals surface area contributed by atoms with E-state index in [1.165, 1.54) is 0 Å². The summed E-state index contributed by atoms with van der Waals surface area (Å²) in [5.41, 5.74) is 0.152. The van der Waals surface area contributed by atoms with E-state index in [2.05, 4.69) is 10.6 Å². The summed E-state index contributed by atoms with van der Waals surface area (Å²) < 4.78 is 35.8. The minimum Gasteiger partial charge on any atom is -0.356 e. The molecule has 0 aromatic carbocycles. The van der Waals surface area contributed by atoms with Gasteiger partial charge in [-0.15, -0.1) is 0 Å². The molecule has 1 heterocycles. The fraction of sp³-hybridized carbons (Fsp3) is 0.917. The summed E-state index contributed by atoms with van der Waals surface area (Å²) in [6, 6.07) is 0. The van der Waals surface area contributed by atoms with E-state index in [-0.39, 0.29) is 30.2 Å². The Labute approximate surface area is 104 Å². The van der Waals surface area contributed by atoms with Crippen molar-refractivity contribution in [3.8, 4) is 0 Å². The zero-order valence-corrected chi connectivity index (χ0v) is 10.3. The molecule has 6 heteroatoms. The Balaban J connectivity index is 1.64. The van der Waals surface area contributed by atoms with Gasteiger partial charge in [0.05, 0.1) is 0 Å². The van der Waals surface area contributed by atoms with E-state index in [0.29, 0.717) is 0 Å². The molecule has 1 saturated heterocycles. The number of carbonyl (C=O) groups is 1. The molecule has 1 amide bonds. The zero-order valence-electron chi connectivity index (χ0n) is 10.3. The van der Waals surface area contributed by atoms with Gasteiger partial charge in [0, 0.05) is 18.9 Å². The monoisotopic (exact) mass is 264 g/mol. The molecule has 2 rings (SSSR count). The summed E-state index contributed by atoms with van der Waals surface area (Å²) in [6.45, 7) is 2.01. The molecular formula is C12H19F3N2O. The Morgan fingerprint density at radius 1 is 1.33 bits per heavy atom. The lowest BCUT2D eigenvalue weighted by Crippen LogP contribution is -2.34. The van der Waals surface area contributed by atoms with Crippen molar-refractivity contribution in [2.45, 2.75) is 38.3 Å². The molecule has 1 atom stereocenters. The first kappa shape index (κ1) is 13.6. The van der Waals surface area contributed by atoms with E-state index in [1.54, 1.807) is 0 Å². The fourth-order valence-electron chi connectivity index (χ4n) is 2.82. The highest BCUT2D eigenvalue weighted by Gasteiger charge is 2.57. The molecular weight excluding hydrogens is 245 g/mol. The minimum atomic E-state index is -4.12. The first-order valence-electron chi connectivity index (χ1n) is 6.48. The van der Waals surface area contributed by atoms with Crippen LogP contribution in [0.3, 0.4) is 0 Å². The van der Waals surface area contributed by atoms with Crippen LogP contribution >= 0.6 is 0 Å². The molecule has 2 aliphatic rings. The summed E-state index contributed by atoms with van der Waals surface area (Å²) >= 11 is 0. The third kappa shape index (κ3) is 3.37. The third-order valence-corrected chi connectivity index (χ3v) is 4.04. The molecule has 1 spiro atoms. The van der Waals surface area contributed by atoms with Crippen molar-refractivity contribution in [3.63, 3.8) is 0 Å². The Kier molecular flexibility index (Phi) is 3.84. The van der Waals surface area contributed by atoms with Gasteiger partial charge >= 0.3 is 6.18 Å². The first-order chi connectivity index (χ1) is 8.43. The van der Waals surface area contributed by atoms with E-state index in [0.717, 1.165) is 32.4 Å². The van der Waals surface area contributed by atoms with E-state index >= 15 is 0 Å². The molecule has 18 heavy (non-hydrogen) atoms. The second kappa shape index (κ2) is 5.07. The van der Waals surface area contributed by atoms with Gasteiger partial charge in [-0.2, -0.15) is 13.2 Å². The van der Waals surface area contributed by atoms with Crippen molar-refractivity contribution >= 4 is 5.91 Å². The van der Waals surface area contributed by atoms with Crippen molar-refractivity contribution in [2.75, 3.05) is 19.6 Å². The Morgan fingerprint density at radius 3 is 2.61 bits per heavy atom. The smallest absolute Gasteiger partial charge is 0.356 e. The number of hydrogen-bond donors (Lipinski definition) is 2. The highest BCUT2D eigenvalue weighted by molar-refractivity contribution is 5.82. The lowest BCUT2D eigenvalue weighted by atomic mass is 9.92. The van der Waals surface area contributed by atoms with Crippen LogP contribution in [0.15, 0.2) is 0 Å². The summed E-state index contributed by atoms with van der Waals surface area (Å²) in [5, 5.41) is 5.88.